The summed E-state index contributed by atoms with van der Waals surface area (Å²) < 4.78 is 0. The molecule has 2 N–H and O–H groups in total. The summed E-state index contributed by atoms with van der Waals surface area (Å²) in [4.78, 5) is 11.5. The molecule has 0 aliphatic heterocycles. The van der Waals surface area contributed by atoms with E-state index in [4.69, 9.17) is 5.26 Å². The van der Waals surface area contributed by atoms with E-state index in [-0.39, 0.29) is 5.91 Å². The van der Waals surface area contributed by atoms with E-state index in [0.717, 1.165) is 12.1 Å². The van der Waals surface area contributed by atoms with E-state index in [0.29, 0.717) is 31.0 Å². The van der Waals surface area contributed by atoms with Gasteiger partial charge in [0, 0.05) is 26.1 Å². The molecule has 0 saturated heterocycles. The fourth-order valence-corrected chi connectivity index (χ4v) is 1.54. The maximum Gasteiger partial charge on any atom is 0.221 e. The first-order valence-electron chi connectivity index (χ1n) is 6.58. The van der Waals surface area contributed by atoms with Crippen LogP contribution in [0.3, 0.4) is 0 Å². The van der Waals surface area contributed by atoms with Crippen LogP contribution in [0.4, 0.5) is 0 Å². The lowest BCUT2D eigenvalue weighted by atomic mass is 10.1. The summed E-state index contributed by atoms with van der Waals surface area (Å²) in [6.45, 7) is 6.24. The van der Waals surface area contributed by atoms with Crippen molar-refractivity contribution in [3.63, 3.8) is 0 Å². The van der Waals surface area contributed by atoms with Crippen LogP contribution in [0.5, 0.6) is 0 Å². The Morgan fingerprint density at radius 1 is 1.32 bits per heavy atom. The Kier molecular flexibility index (Phi) is 6.62. The molecule has 0 fully saturated rings. The van der Waals surface area contributed by atoms with Crippen molar-refractivity contribution in [2.75, 3.05) is 13.1 Å². The topological polar surface area (TPSA) is 64.9 Å². The van der Waals surface area contributed by atoms with Gasteiger partial charge >= 0.3 is 0 Å². The summed E-state index contributed by atoms with van der Waals surface area (Å²) >= 11 is 0. The highest BCUT2D eigenvalue weighted by atomic mass is 16.1. The molecular formula is C15H21N3O. The predicted molar refractivity (Wildman–Crippen MR) is 75.3 cm³/mol. The molecule has 0 atom stereocenters. The van der Waals surface area contributed by atoms with Crippen molar-refractivity contribution in [2.24, 2.45) is 5.92 Å². The van der Waals surface area contributed by atoms with Crippen molar-refractivity contribution in [2.45, 2.75) is 26.8 Å². The number of rotatable bonds is 7. The lowest BCUT2D eigenvalue weighted by Gasteiger charge is -2.08. The Hall–Kier alpha value is -1.86. The molecule has 1 rings (SSSR count). The third-order valence-electron chi connectivity index (χ3n) is 2.65. The molecule has 0 unspecified atom stereocenters. The highest BCUT2D eigenvalue weighted by Crippen LogP contribution is 2.02. The summed E-state index contributed by atoms with van der Waals surface area (Å²) in [7, 11) is 0. The lowest BCUT2D eigenvalue weighted by molar-refractivity contribution is -0.121. The van der Waals surface area contributed by atoms with Gasteiger partial charge in [-0.25, -0.2) is 0 Å². The smallest absolute Gasteiger partial charge is 0.221 e. The summed E-state index contributed by atoms with van der Waals surface area (Å²) in [6, 6.07) is 9.52. The standard InChI is InChI=1S/C15H21N3O/c1-12(2)10-18-15(19)7-8-17-11-14-5-3-13(9-16)4-6-14/h3-6,12,17H,7-8,10-11H2,1-2H3,(H,18,19). The largest absolute Gasteiger partial charge is 0.356 e. The summed E-state index contributed by atoms with van der Waals surface area (Å²) in [6.07, 6.45) is 0.489. The number of nitriles is 1. The average Bonchev–Trinajstić information content (AvgIpc) is 2.42. The van der Waals surface area contributed by atoms with E-state index >= 15 is 0 Å². The van der Waals surface area contributed by atoms with Crippen LogP contribution >= 0.6 is 0 Å². The van der Waals surface area contributed by atoms with Crippen molar-refractivity contribution in [1.29, 1.82) is 5.26 Å². The third-order valence-corrected chi connectivity index (χ3v) is 2.65. The van der Waals surface area contributed by atoms with Gasteiger partial charge in [0.1, 0.15) is 0 Å². The number of hydrogen-bond donors (Lipinski definition) is 2. The number of benzene rings is 1. The zero-order valence-electron chi connectivity index (χ0n) is 11.6. The quantitative estimate of drug-likeness (QED) is 0.734. The fraction of sp³-hybridized carbons (Fsp3) is 0.467. The molecular weight excluding hydrogens is 238 g/mol. The summed E-state index contributed by atoms with van der Waals surface area (Å²) in [5, 5.41) is 14.8. The van der Waals surface area contributed by atoms with Gasteiger partial charge in [0.15, 0.2) is 0 Å². The lowest BCUT2D eigenvalue weighted by Crippen LogP contribution is -2.30. The molecule has 4 nitrogen and oxygen atoms in total. The van der Waals surface area contributed by atoms with Gasteiger partial charge in [-0.05, 0) is 23.6 Å². The Bertz CT molecular complexity index is 432. The average molecular weight is 259 g/mol. The van der Waals surface area contributed by atoms with E-state index in [1.54, 1.807) is 12.1 Å². The van der Waals surface area contributed by atoms with Gasteiger partial charge in [-0.3, -0.25) is 4.79 Å². The number of nitrogens with zero attached hydrogens (tertiary/aromatic N) is 1. The highest BCUT2D eigenvalue weighted by Gasteiger charge is 2.01. The number of carbonyl (C=O) groups is 1. The van der Waals surface area contributed by atoms with Gasteiger partial charge in [0.25, 0.3) is 0 Å². The Morgan fingerprint density at radius 3 is 2.58 bits per heavy atom. The SMILES string of the molecule is CC(C)CNC(=O)CCNCc1ccc(C#N)cc1. The van der Waals surface area contributed by atoms with Gasteiger partial charge in [-0.1, -0.05) is 26.0 Å². The molecule has 0 aromatic heterocycles. The molecule has 1 aromatic carbocycles. The fourth-order valence-electron chi connectivity index (χ4n) is 1.54. The number of amides is 1. The minimum atomic E-state index is 0.0843. The summed E-state index contributed by atoms with van der Waals surface area (Å²) in [5.41, 5.74) is 1.78. The van der Waals surface area contributed by atoms with Crippen LogP contribution in [-0.2, 0) is 11.3 Å². The van der Waals surface area contributed by atoms with Gasteiger partial charge in [-0.15, -0.1) is 0 Å². The van der Waals surface area contributed by atoms with Crippen molar-refractivity contribution < 1.29 is 4.79 Å². The first kappa shape index (κ1) is 15.2. The van der Waals surface area contributed by atoms with Gasteiger partial charge in [0.2, 0.25) is 5.91 Å². The molecule has 0 saturated carbocycles. The molecule has 0 radical (unpaired) electrons. The molecule has 0 bridgehead atoms. The molecule has 0 aliphatic rings. The maximum atomic E-state index is 11.5. The van der Waals surface area contributed by atoms with E-state index in [2.05, 4.69) is 30.6 Å². The van der Waals surface area contributed by atoms with Crippen LogP contribution in [0.25, 0.3) is 0 Å². The number of hydrogen-bond acceptors (Lipinski definition) is 3. The maximum absolute atomic E-state index is 11.5. The van der Waals surface area contributed by atoms with Crippen molar-refractivity contribution in [3.05, 3.63) is 35.4 Å². The first-order chi connectivity index (χ1) is 9.11. The second-order valence-electron chi connectivity index (χ2n) is 4.93. The highest BCUT2D eigenvalue weighted by molar-refractivity contribution is 5.76. The second kappa shape index (κ2) is 8.28. The van der Waals surface area contributed by atoms with Crippen LogP contribution in [0, 0.1) is 17.2 Å². The molecule has 19 heavy (non-hydrogen) atoms. The molecule has 1 aromatic rings. The third kappa shape index (κ3) is 6.58. The molecule has 0 heterocycles. The second-order valence-corrected chi connectivity index (χ2v) is 4.93. The van der Waals surface area contributed by atoms with E-state index in [1.807, 2.05) is 12.1 Å². The molecule has 0 spiro atoms. The van der Waals surface area contributed by atoms with Crippen molar-refractivity contribution in [1.82, 2.24) is 10.6 Å². The monoisotopic (exact) mass is 259 g/mol. The van der Waals surface area contributed by atoms with Crippen molar-refractivity contribution >= 4 is 5.91 Å². The number of carbonyl (C=O) groups excluding carboxylic acids is 1. The van der Waals surface area contributed by atoms with E-state index < -0.39 is 0 Å². The van der Waals surface area contributed by atoms with Crippen LogP contribution in [-0.4, -0.2) is 19.0 Å². The first-order valence-corrected chi connectivity index (χ1v) is 6.58. The van der Waals surface area contributed by atoms with Gasteiger partial charge < -0.3 is 10.6 Å². The normalized spacial score (nSPS) is 10.2. The van der Waals surface area contributed by atoms with Crippen LogP contribution in [0.1, 0.15) is 31.4 Å². The van der Waals surface area contributed by atoms with E-state index in [9.17, 15) is 4.79 Å². The van der Waals surface area contributed by atoms with E-state index in [1.165, 1.54) is 0 Å². The zero-order valence-corrected chi connectivity index (χ0v) is 11.6. The molecule has 1 amide bonds. The Morgan fingerprint density at radius 2 is 2.00 bits per heavy atom. The zero-order chi connectivity index (χ0) is 14.1. The summed E-state index contributed by atoms with van der Waals surface area (Å²) in [5.74, 6) is 0.566. The minimum absolute atomic E-state index is 0.0843. The molecule has 4 heteroatoms. The van der Waals surface area contributed by atoms with Crippen LogP contribution < -0.4 is 10.6 Å². The predicted octanol–water partition coefficient (Wildman–Crippen LogP) is 1.81. The molecule has 0 aliphatic carbocycles. The van der Waals surface area contributed by atoms with Crippen LogP contribution in [0.2, 0.25) is 0 Å². The minimum Gasteiger partial charge on any atom is -0.356 e. The van der Waals surface area contributed by atoms with Gasteiger partial charge in [-0.2, -0.15) is 5.26 Å². The van der Waals surface area contributed by atoms with Crippen LogP contribution in [0.15, 0.2) is 24.3 Å². The number of nitrogens with one attached hydrogen (secondary N) is 2. The molecule has 102 valence electrons. The van der Waals surface area contributed by atoms with Crippen molar-refractivity contribution in [3.8, 4) is 6.07 Å². The Balaban J connectivity index is 2.16. The Labute approximate surface area is 114 Å². The van der Waals surface area contributed by atoms with Gasteiger partial charge in [0.05, 0.1) is 11.6 Å².